The second-order valence-electron chi connectivity index (χ2n) is 6.62. The van der Waals surface area contributed by atoms with Gasteiger partial charge in [-0.25, -0.2) is 12.8 Å². The summed E-state index contributed by atoms with van der Waals surface area (Å²) in [4.78, 5) is 0.195. The minimum Gasteiger partial charge on any atom is -0.354 e. The molecule has 6 heteroatoms. The maximum Gasteiger partial charge on any atom is 0.243 e. The Morgan fingerprint density at radius 2 is 1.79 bits per heavy atom. The van der Waals surface area contributed by atoms with Crippen LogP contribution in [0.3, 0.4) is 0 Å². The molecule has 0 amide bonds. The average Bonchev–Trinajstić information content (AvgIpc) is 3.05. The summed E-state index contributed by atoms with van der Waals surface area (Å²) in [5, 5.41) is 0. The van der Waals surface area contributed by atoms with Crippen LogP contribution in [-0.4, -0.2) is 30.4 Å². The van der Waals surface area contributed by atoms with Gasteiger partial charge in [0, 0.05) is 32.0 Å². The lowest BCUT2D eigenvalue weighted by molar-refractivity contribution is 0.245. The first-order valence-electron chi connectivity index (χ1n) is 8.25. The zero-order chi connectivity index (χ0) is 17.3. The number of piperidine rings is 1. The van der Waals surface area contributed by atoms with Crippen molar-refractivity contribution in [1.29, 1.82) is 0 Å². The molecule has 1 fully saturated rings. The number of halogens is 1. The molecule has 0 saturated carbocycles. The van der Waals surface area contributed by atoms with Crippen LogP contribution in [0.4, 0.5) is 4.39 Å². The van der Waals surface area contributed by atoms with Crippen LogP contribution >= 0.6 is 0 Å². The van der Waals surface area contributed by atoms with Crippen LogP contribution in [0.15, 0.2) is 41.6 Å². The smallest absolute Gasteiger partial charge is 0.243 e. The molecule has 0 aliphatic carbocycles. The number of rotatable bonds is 4. The Bertz CT molecular complexity index is 793. The molecule has 24 heavy (non-hydrogen) atoms. The Balaban J connectivity index is 1.81. The second-order valence-corrected chi connectivity index (χ2v) is 8.56. The summed E-state index contributed by atoms with van der Waals surface area (Å²) >= 11 is 0. The van der Waals surface area contributed by atoms with Crippen molar-refractivity contribution in [2.24, 2.45) is 5.92 Å². The zero-order valence-electron chi connectivity index (χ0n) is 14.1. The number of nitrogens with zero attached hydrogens (tertiary/aromatic N) is 2. The quantitative estimate of drug-likeness (QED) is 0.849. The molecule has 2 heterocycles. The summed E-state index contributed by atoms with van der Waals surface area (Å²) in [6, 6.07) is 6.82. The molecule has 0 bridgehead atoms. The largest absolute Gasteiger partial charge is 0.354 e. The average molecular weight is 350 g/mol. The van der Waals surface area contributed by atoms with Gasteiger partial charge in [-0.3, -0.25) is 0 Å². The number of hydrogen-bond acceptors (Lipinski definition) is 2. The summed E-state index contributed by atoms with van der Waals surface area (Å²) in [6.45, 7) is 5.06. The van der Waals surface area contributed by atoms with Crippen molar-refractivity contribution in [3.8, 4) is 0 Å². The maximum absolute atomic E-state index is 13.8. The molecule has 4 nitrogen and oxygen atoms in total. The maximum atomic E-state index is 13.8. The van der Waals surface area contributed by atoms with Crippen molar-refractivity contribution in [3.05, 3.63) is 53.6 Å². The van der Waals surface area contributed by atoms with Crippen LogP contribution in [0, 0.1) is 25.6 Å². The van der Waals surface area contributed by atoms with E-state index in [0.717, 1.165) is 19.4 Å². The van der Waals surface area contributed by atoms with E-state index in [1.807, 2.05) is 24.5 Å². The van der Waals surface area contributed by atoms with Gasteiger partial charge in [0.1, 0.15) is 5.82 Å². The molecule has 1 aliphatic rings. The van der Waals surface area contributed by atoms with E-state index >= 15 is 0 Å². The van der Waals surface area contributed by atoms with Gasteiger partial charge in [0.25, 0.3) is 0 Å². The van der Waals surface area contributed by atoms with E-state index in [1.165, 1.54) is 12.1 Å². The third kappa shape index (κ3) is 3.39. The van der Waals surface area contributed by atoms with E-state index < -0.39 is 10.0 Å². The number of sulfonamides is 1. The molecule has 1 saturated heterocycles. The Kier molecular flexibility index (Phi) is 4.78. The van der Waals surface area contributed by atoms with Gasteiger partial charge in [-0.2, -0.15) is 4.31 Å². The van der Waals surface area contributed by atoms with Crippen LogP contribution in [0.2, 0.25) is 0 Å². The Labute approximate surface area is 143 Å². The fraction of sp³-hybridized carbons (Fsp3) is 0.444. The fourth-order valence-electron chi connectivity index (χ4n) is 3.39. The van der Waals surface area contributed by atoms with Crippen LogP contribution in [0.1, 0.15) is 24.0 Å². The van der Waals surface area contributed by atoms with Crippen molar-refractivity contribution in [2.45, 2.75) is 38.1 Å². The first-order chi connectivity index (χ1) is 11.4. The molecule has 1 aliphatic heterocycles. The fourth-order valence-corrected chi connectivity index (χ4v) is 5.11. The predicted octanol–water partition coefficient (Wildman–Crippen LogP) is 3.34. The standard InChI is InChI=1S/C18H23FN2O2S/c1-14-10-17(11-15(2)18(14)19)24(22,23)21-9-5-6-16(13-21)12-20-7-3-4-8-20/h3-4,7-8,10-11,16H,5-6,9,12-13H2,1-2H3/t16-/m0/s1. The highest BCUT2D eigenvalue weighted by Gasteiger charge is 2.31. The van der Waals surface area contributed by atoms with Gasteiger partial charge >= 0.3 is 0 Å². The van der Waals surface area contributed by atoms with Gasteiger partial charge in [-0.15, -0.1) is 0 Å². The summed E-state index contributed by atoms with van der Waals surface area (Å²) in [6.07, 6.45) is 5.87. The summed E-state index contributed by atoms with van der Waals surface area (Å²) < 4.78 is 43.3. The highest BCUT2D eigenvalue weighted by Crippen LogP contribution is 2.27. The molecule has 1 aromatic carbocycles. The van der Waals surface area contributed by atoms with E-state index in [4.69, 9.17) is 0 Å². The lowest BCUT2D eigenvalue weighted by Crippen LogP contribution is -2.41. The van der Waals surface area contributed by atoms with Crippen molar-refractivity contribution < 1.29 is 12.8 Å². The molecule has 2 aromatic rings. The first-order valence-corrected chi connectivity index (χ1v) is 9.69. The molecule has 3 rings (SSSR count). The molecule has 1 atom stereocenters. The van der Waals surface area contributed by atoms with E-state index in [1.54, 1.807) is 18.2 Å². The number of aromatic nitrogens is 1. The van der Waals surface area contributed by atoms with Gasteiger partial charge in [0.05, 0.1) is 4.90 Å². The van der Waals surface area contributed by atoms with Gasteiger partial charge in [-0.05, 0) is 68.0 Å². The van der Waals surface area contributed by atoms with E-state index in [-0.39, 0.29) is 10.7 Å². The Morgan fingerprint density at radius 3 is 2.42 bits per heavy atom. The number of hydrogen-bond donors (Lipinski definition) is 0. The molecule has 0 radical (unpaired) electrons. The normalized spacial score (nSPS) is 19.5. The van der Waals surface area contributed by atoms with Crippen molar-refractivity contribution in [3.63, 3.8) is 0 Å². The van der Waals surface area contributed by atoms with Gasteiger partial charge in [0.2, 0.25) is 10.0 Å². The zero-order valence-corrected chi connectivity index (χ0v) is 14.9. The highest BCUT2D eigenvalue weighted by atomic mass is 32.2. The minimum atomic E-state index is -3.58. The minimum absolute atomic E-state index is 0.195. The van der Waals surface area contributed by atoms with Crippen LogP contribution in [0.25, 0.3) is 0 Å². The Morgan fingerprint density at radius 1 is 1.17 bits per heavy atom. The molecule has 0 unspecified atom stereocenters. The molecule has 0 N–H and O–H groups in total. The van der Waals surface area contributed by atoms with Crippen molar-refractivity contribution >= 4 is 10.0 Å². The third-order valence-electron chi connectivity index (χ3n) is 4.66. The molecular weight excluding hydrogens is 327 g/mol. The summed E-state index contributed by atoms with van der Waals surface area (Å²) in [5.41, 5.74) is 0.740. The van der Waals surface area contributed by atoms with Gasteiger partial charge in [0.15, 0.2) is 0 Å². The van der Waals surface area contributed by atoms with Crippen LogP contribution < -0.4 is 0 Å². The van der Waals surface area contributed by atoms with E-state index in [0.29, 0.717) is 30.1 Å². The van der Waals surface area contributed by atoms with E-state index in [9.17, 15) is 12.8 Å². The SMILES string of the molecule is Cc1cc(S(=O)(=O)N2CCC[C@@H](Cn3cccc3)C2)cc(C)c1F. The second kappa shape index (κ2) is 6.69. The van der Waals surface area contributed by atoms with Crippen molar-refractivity contribution in [2.75, 3.05) is 13.1 Å². The summed E-state index contributed by atoms with van der Waals surface area (Å²) in [7, 11) is -3.58. The molecule has 130 valence electrons. The lowest BCUT2D eigenvalue weighted by Gasteiger charge is -2.32. The predicted molar refractivity (Wildman–Crippen MR) is 91.8 cm³/mol. The van der Waals surface area contributed by atoms with E-state index in [2.05, 4.69) is 4.57 Å². The molecule has 0 spiro atoms. The number of aryl methyl sites for hydroxylation is 2. The van der Waals surface area contributed by atoms with Crippen molar-refractivity contribution in [1.82, 2.24) is 8.87 Å². The lowest BCUT2D eigenvalue weighted by atomic mass is 10.00. The molecule has 1 aromatic heterocycles. The third-order valence-corrected chi connectivity index (χ3v) is 6.51. The summed E-state index contributed by atoms with van der Waals surface area (Å²) in [5.74, 6) is -0.0401. The van der Waals surface area contributed by atoms with Crippen LogP contribution in [0.5, 0.6) is 0 Å². The Hall–Kier alpha value is -1.66. The first kappa shape index (κ1) is 17.2. The van der Waals surface area contributed by atoms with Crippen LogP contribution in [-0.2, 0) is 16.6 Å². The van der Waals surface area contributed by atoms with Gasteiger partial charge in [-0.1, -0.05) is 0 Å². The van der Waals surface area contributed by atoms with Gasteiger partial charge < -0.3 is 4.57 Å². The highest BCUT2D eigenvalue weighted by molar-refractivity contribution is 7.89. The topological polar surface area (TPSA) is 42.3 Å². The monoisotopic (exact) mass is 350 g/mol. The molecular formula is C18H23FN2O2S. The number of benzene rings is 1.